The second-order valence-electron chi connectivity index (χ2n) is 4.27. The summed E-state index contributed by atoms with van der Waals surface area (Å²) in [5, 5.41) is 27.2. The number of carbonyl (C=O) groups excluding carboxylic acids is 1. The first kappa shape index (κ1) is 32.3. The molecule has 0 saturated carbocycles. The number of halogens is 6. The molecule has 168 valence electrons. The van der Waals surface area contributed by atoms with Gasteiger partial charge in [-0.3, -0.25) is 24.7 Å². The maximum Gasteiger partial charge on any atom is 0.339 e. The van der Waals surface area contributed by atoms with E-state index in [1.807, 2.05) is 9.86 Å². The van der Waals surface area contributed by atoms with Gasteiger partial charge in [0.1, 0.15) is 17.0 Å². The summed E-state index contributed by atoms with van der Waals surface area (Å²) < 4.78 is 50.3. The Morgan fingerprint density at radius 3 is 1.62 bits per heavy atom. The summed E-state index contributed by atoms with van der Waals surface area (Å²) in [5.74, 6) is -1.39. The van der Waals surface area contributed by atoms with Gasteiger partial charge >= 0.3 is 5.97 Å². The van der Waals surface area contributed by atoms with Crippen LogP contribution in [0.2, 0.25) is 0 Å². The molecule has 0 aliphatic rings. The minimum absolute atomic E-state index is 0.0532. The average molecular weight is 654 g/mol. The van der Waals surface area contributed by atoms with Crippen LogP contribution >= 0.6 is 45.2 Å². The number of nitrogens with zero attached hydrogens (tertiary/aromatic N) is 4. The molecule has 0 aliphatic carbocycles. The van der Waals surface area contributed by atoms with Crippen molar-refractivity contribution in [1.29, 1.82) is 0 Å². The molecule has 0 saturated heterocycles. The zero-order valence-electron chi connectivity index (χ0n) is 15.6. The normalized spacial score (nSPS) is 9.03. The molecule has 2 aromatic rings. The third kappa shape index (κ3) is 12.1. The number of aldehydes is 1. The molecule has 0 unspecified atom stereocenters. The minimum atomic E-state index is -2.85. The predicted molar refractivity (Wildman–Crippen MR) is 114 cm³/mol. The zero-order valence-corrected chi connectivity index (χ0v) is 19.9. The van der Waals surface area contributed by atoms with Gasteiger partial charge in [0.15, 0.2) is 6.29 Å². The lowest BCUT2D eigenvalue weighted by atomic mass is 10.2. The summed E-state index contributed by atoms with van der Waals surface area (Å²) in [6, 6.07) is 0. The summed E-state index contributed by atoms with van der Waals surface area (Å²) in [7, 11) is 2.87. The van der Waals surface area contributed by atoms with E-state index in [1.165, 1.54) is 25.0 Å². The van der Waals surface area contributed by atoms with Gasteiger partial charge in [0, 0.05) is 26.5 Å². The smallest absolute Gasteiger partial charge is 0.339 e. The molecule has 0 amide bonds. The van der Waals surface area contributed by atoms with Crippen molar-refractivity contribution in [1.82, 2.24) is 19.6 Å². The van der Waals surface area contributed by atoms with Crippen LogP contribution in [0.4, 0.5) is 17.6 Å². The van der Waals surface area contributed by atoms with Crippen molar-refractivity contribution in [3.63, 3.8) is 0 Å². The number of alkyl halides is 6. The molecule has 2 heterocycles. The molecule has 2 aromatic heterocycles. The Hall–Kier alpha value is -1.34. The topological polar surface area (TPSA) is 130 Å². The van der Waals surface area contributed by atoms with Crippen molar-refractivity contribution in [3.8, 4) is 0 Å². The highest BCUT2D eigenvalue weighted by Crippen LogP contribution is 2.20. The average Bonchev–Trinajstić information content (AvgIpc) is 3.30. The fourth-order valence-corrected chi connectivity index (χ4v) is 1.62. The highest BCUT2D eigenvalue weighted by Gasteiger charge is 2.21. The first-order valence-electron chi connectivity index (χ1n) is 6.94. The Balaban J connectivity index is -0.000000371. The summed E-state index contributed by atoms with van der Waals surface area (Å²) in [6.45, 7) is 0. The highest BCUT2D eigenvalue weighted by atomic mass is 127. The SMILES string of the molecule is CI.CI.Cn1cc(C(=O)O)c(C(F)F)n1.Cn1cc(C=O)c(C(F)F)n1.OO. The Morgan fingerprint density at radius 2 is 1.34 bits per heavy atom. The molecule has 0 aromatic carbocycles. The number of aromatic nitrogens is 4. The first-order chi connectivity index (χ1) is 13.7. The van der Waals surface area contributed by atoms with Crippen molar-refractivity contribution in [3.05, 3.63) is 34.9 Å². The van der Waals surface area contributed by atoms with Crippen LogP contribution in [0.1, 0.15) is 45.0 Å². The van der Waals surface area contributed by atoms with Crippen LogP contribution in [0.15, 0.2) is 12.4 Å². The van der Waals surface area contributed by atoms with Gasteiger partial charge in [-0.1, -0.05) is 45.2 Å². The quantitative estimate of drug-likeness (QED) is 0.112. The largest absolute Gasteiger partial charge is 0.478 e. The molecule has 0 atom stereocenters. The van der Waals surface area contributed by atoms with E-state index in [0.717, 1.165) is 10.9 Å². The van der Waals surface area contributed by atoms with Gasteiger partial charge in [-0.25, -0.2) is 22.4 Å². The third-order valence-electron chi connectivity index (χ3n) is 2.52. The first-order valence-corrected chi connectivity index (χ1v) is 11.3. The van der Waals surface area contributed by atoms with Crippen molar-refractivity contribution >= 4 is 57.4 Å². The van der Waals surface area contributed by atoms with Gasteiger partial charge in [0.25, 0.3) is 12.9 Å². The van der Waals surface area contributed by atoms with Crippen LogP contribution in [0, 0.1) is 0 Å². The Kier molecular flexibility index (Phi) is 20.8. The van der Waals surface area contributed by atoms with Crippen molar-refractivity contribution in [2.75, 3.05) is 9.86 Å². The van der Waals surface area contributed by atoms with Crippen LogP contribution in [0.25, 0.3) is 0 Å². The van der Waals surface area contributed by atoms with Crippen LogP contribution < -0.4 is 0 Å². The molecule has 3 N–H and O–H groups in total. The predicted octanol–water partition coefficient (Wildman–Crippen LogP) is 4.35. The van der Waals surface area contributed by atoms with Gasteiger partial charge in [0.2, 0.25) is 0 Å². The fourth-order valence-electron chi connectivity index (χ4n) is 1.62. The van der Waals surface area contributed by atoms with Gasteiger partial charge in [-0.15, -0.1) is 0 Å². The van der Waals surface area contributed by atoms with Crippen LogP contribution in [-0.2, 0) is 14.1 Å². The second-order valence-corrected chi connectivity index (χ2v) is 4.27. The molecule has 29 heavy (non-hydrogen) atoms. The lowest BCUT2D eigenvalue weighted by molar-refractivity contribution is -0.176. The summed E-state index contributed by atoms with van der Waals surface area (Å²) in [5.41, 5.74) is -1.65. The Bertz CT molecular complexity index is 714. The van der Waals surface area contributed by atoms with Crippen LogP contribution in [-0.4, -0.2) is 57.3 Å². The standard InChI is InChI=1S/C6H6F2N2O2.C6H6F2N2O.2CH3I.H2O2/c1-10-2-3(6(11)12)4(9-10)5(7)8;1-10-2-4(3-11)5(9-10)6(7)8;3*1-2/h2,5H,1H3,(H,11,12);2-3,6H,1H3;2*1H3;1-2H. The second kappa shape index (κ2) is 18.7. The fraction of sp³-hybridized carbons (Fsp3) is 0.429. The number of hydrogen-bond acceptors (Lipinski definition) is 6. The molecular weight excluding hydrogens is 634 g/mol. The number of carboxylic acids is 1. The van der Waals surface area contributed by atoms with Crippen molar-refractivity contribution in [2.45, 2.75) is 12.9 Å². The van der Waals surface area contributed by atoms with E-state index in [4.69, 9.17) is 15.6 Å². The molecule has 0 bridgehead atoms. The summed E-state index contributed by atoms with van der Waals surface area (Å²) >= 11 is 4.30. The Labute approximate surface area is 190 Å². The number of carboxylic acid groups (broad SMARTS) is 1. The molecular formula is C14H20F4I2N4O5. The lowest BCUT2D eigenvalue weighted by Gasteiger charge is -1.93. The van der Waals surface area contributed by atoms with E-state index >= 15 is 0 Å². The maximum absolute atomic E-state index is 12.1. The Morgan fingerprint density at radius 1 is 0.966 bits per heavy atom. The summed E-state index contributed by atoms with van der Waals surface area (Å²) in [4.78, 5) is 24.5. The van der Waals surface area contributed by atoms with Gasteiger partial charge in [-0.2, -0.15) is 10.2 Å². The van der Waals surface area contributed by atoms with Gasteiger partial charge < -0.3 is 5.11 Å². The number of aryl methyl sites for hydroxylation is 2. The zero-order chi connectivity index (χ0) is 23.7. The van der Waals surface area contributed by atoms with E-state index in [0.29, 0.717) is 6.29 Å². The lowest BCUT2D eigenvalue weighted by Crippen LogP contribution is -1.99. The van der Waals surface area contributed by atoms with E-state index in [9.17, 15) is 27.2 Å². The molecule has 2 rings (SSSR count). The molecule has 9 nitrogen and oxygen atoms in total. The number of rotatable bonds is 4. The maximum atomic E-state index is 12.1. The molecule has 0 fully saturated rings. The molecule has 0 spiro atoms. The number of carbonyl (C=O) groups is 2. The molecule has 0 radical (unpaired) electrons. The minimum Gasteiger partial charge on any atom is -0.478 e. The van der Waals surface area contributed by atoms with E-state index in [1.54, 1.807) is 0 Å². The van der Waals surface area contributed by atoms with E-state index < -0.39 is 35.8 Å². The summed E-state index contributed by atoms with van der Waals surface area (Å²) in [6.07, 6.45) is -2.86. The van der Waals surface area contributed by atoms with E-state index in [-0.39, 0.29) is 5.56 Å². The number of aromatic carboxylic acids is 1. The third-order valence-corrected chi connectivity index (χ3v) is 2.52. The van der Waals surface area contributed by atoms with Crippen LogP contribution in [0.5, 0.6) is 0 Å². The van der Waals surface area contributed by atoms with Crippen molar-refractivity contribution < 1.29 is 42.8 Å². The number of hydrogen-bond donors (Lipinski definition) is 3. The van der Waals surface area contributed by atoms with Crippen molar-refractivity contribution in [2.24, 2.45) is 14.1 Å². The van der Waals surface area contributed by atoms with Gasteiger partial charge in [0.05, 0.1) is 5.56 Å². The van der Waals surface area contributed by atoms with E-state index in [2.05, 4.69) is 55.4 Å². The monoisotopic (exact) mass is 654 g/mol. The highest BCUT2D eigenvalue weighted by molar-refractivity contribution is 14.1. The molecule has 15 heteroatoms. The molecule has 0 aliphatic heterocycles. The van der Waals surface area contributed by atoms with Crippen LogP contribution in [0.3, 0.4) is 0 Å². The van der Waals surface area contributed by atoms with Gasteiger partial charge in [-0.05, 0) is 9.86 Å².